The predicted molar refractivity (Wildman–Crippen MR) is 93.7 cm³/mol. The Morgan fingerprint density at radius 1 is 0.875 bits per heavy atom. The van der Waals surface area contributed by atoms with E-state index in [0.717, 1.165) is 11.1 Å². The fourth-order valence-corrected chi connectivity index (χ4v) is 2.62. The summed E-state index contributed by atoms with van der Waals surface area (Å²) in [7, 11) is 0. The first-order valence-electron chi connectivity index (χ1n) is 7.65. The zero-order valence-electron chi connectivity index (χ0n) is 13.1. The molecule has 0 amide bonds. The van der Waals surface area contributed by atoms with Crippen molar-refractivity contribution in [2.24, 2.45) is 0 Å². The second-order valence-corrected chi connectivity index (χ2v) is 5.45. The number of nitrogens with zero attached hydrogens (tertiary/aromatic N) is 3. The van der Waals surface area contributed by atoms with E-state index in [1.807, 2.05) is 65.6 Å². The van der Waals surface area contributed by atoms with Gasteiger partial charge in [0.15, 0.2) is 0 Å². The van der Waals surface area contributed by atoms with Gasteiger partial charge >= 0.3 is 5.69 Å². The Balaban J connectivity index is 1.97. The van der Waals surface area contributed by atoms with E-state index >= 15 is 0 Å². The van der Waals surface area contributed by atoms with Crippen molar-refractivity contribution in [3.63, 3.8) is 0 Å². The van der Waals surface area contributed by atoms with Gasteiger partial charge < -0.3 is 4.90 Å². The molecule has 0 radical (unpaired) electrons. The van der Waals surface area contributed by atoms with E-state index in [1.165, 1.54) is 6.20 Å². The number of anilines is 1. The maximum atomic E-state index is 11.4. The zero-order valence-corrected chi connectivity index (χ0v) is 13.1. The van der Waals surface area contributed by atoms with E-state index in [0.29, 0.717) is 18.8 Å². The van der Waals surface area contributed by atoms with Crippen molar-refractivity contribution in [2.45, 2.75) is 13.1 Å². The highest BCUT2D eigenvalue weighted by Crippen LogP contribution is 2.29. The number of pyridine rings is 1. The molecule has 3 rings (SSSR count). The van der Waals surface area contributed by atoms with Gasteiger partial charge in [-0.15, -0.1) is 0 Å². The summed E-state index contributed by atoms with van der Waals surface area (Å²) >= 11 is 0. The molecule has 0 saturated heterocycles. The van der Waals surface area contributed by atoms with Crippen LogP contribution in [0.3, 0.4) is 0 Å². The fraction of sp³-hybridized carbons (Fsp3) is 0.105. The maximum Gasteiger partial charge on any atom is 0.310 e. The van der Waals surface area contributed by atoms with Gasteiger partial charge in [0, 0.05) is 19.3 Å². The van der Waals surface area contributed by atoms with Gasteiger partial charge in [-0.2, -0.15) is 0 Å². The summed E-state index contributed by atoms with van der Waals surface area (Å²) in [4.78, 5) is 16.9. The molecule has 1 heterocycles. The van der Waals surface area contributed by atoms with Gasteiger partial charge in [-0.1, -0.05) is 60.7 Å². The number of benzene rings is 2. The van der Waals surface area contributed by atoms with Gasteiger partial charge in [0.2, 0.25) is 0 Å². The molecule has 0 spiro atoms. The van der Waals surface area contributed by atoms with Crippen molar-refractivity contribution in [2.75, 3.05) is 4.90 Å². The molecule has 24 heavy (non-hydrogen) atoms. The van der Waals surface area contributed by atoms with Crippen molar-refractivity contribution in [1.29, 1.82) is 0 Å². The first-order chi connectivity index (χ1) is 11.7. The number of hydrogen-bond acceptors (Lipinski definition) is 4. The number of nitro groups is 1. The van der Waals surface area contributed by atoms with Gasteiger partial charge in [0.25, 0.3) is 0 Å². The van der Waals surface area contributed by atoms with Crippen LogP contribution in [0, 0.1) is 10.1 Å². The van der Waals surface area contributed by atoms with Gasteiger partial charge in [-0.05, 0) is 17.2 Å². The molecule has 0 aliphatic carbocycles. The molecule has 5 heteroatoms. The summed E-state index contributed by atoms with van der Waals surface area (Å²) in [5.74, 6) is 0. The number of aromatic nitrogens is 1. The average molecular weight is 319 g/mol. The Kier molecular flexibility index (Phi) is 4.81. The summed E-state index contributed by atoms with van der Waals surface area (Å²) in [5, 5.41) is 11.4. The van der Waals surface area contributed by atoms with Crippen molar-refractivity contribution in [1.82, 2.24) is 4.98 Å². The Hall–Kier alpha value is -3.21. The average Bonchev–Trinajstić information content (AvgIpc) is 2.63. The van der Waals surface area contributed by atoms with E-state index in [1.54, 1.807) is 12.3 Å². The first-order valence-corrected chi connectivity index (χ1v) is 7.65. The minimum atomic E-state index is -0.384. The molecular formula is C19H17N3O2. The van der Waals surface area contributed by atoms with E-state index in [2.05, 4.69) is 4.98 Å². The molecule has 0 atom stereocenters. The molecule has 1 aromatic heterocycles. The van der Waals surface area contributed by atoms with Gasteiger partial charge in [-0.25, -0.2) is 0 Å². The van der Waals surface area contributed by atoms with Crippen LogP contribution in [0.15, 0.2) is 79.1 Å². The Bertz CT molecular complexity index is 766. The summed E-state index contributed by atoms with van der Waals surface area (Å²) in [6.07, 6.45) is 2.89. The van der Waals surface area contributed by atoms with Crippen LogP contribution >= 0.6 is 0 Å². The molecule has 0 aliphatic heterocycles. The van der Waals surface area contributed by atoms with E-state index < -0.39 is 0 Å². The minimum absolute atomic E-state index is 0.0179. The van der Waals surface area contributed by atoms with Crippen molar-refractivity contribution in [3.05, 3.63) is 100 Å². The van der Waals surface area contributed by atoms with E-state index in [4.69, 9.17) is 0 Å². The SMILES string of the molecule is O=[N+]([O-])c1cnccc1N(Cc1ccccc1)Cc1ccccc1. The number of rotatable bonds is 6. The van der Waals surface area contributed by atoms with Crippen molar-refractivity contribution < 1.29 is 4.92 Å². The molecule has 0 unspecified atom stereocenters. The Morgan fingerprint density at radius 2 is 1.42 bits per heavy atom. The topological polar surface area (TPSA) is 59.3 Å². The van der Waals surface area contributed by atoms with Crippen LogP contribution in [0.5, 0.6) is 0 Å². The molecule has 120 valence electrons. The molecule has 0 bridgehead atoms. The third-order valence-electron chi connectivity index (χ3n) is 3.75. The lowest BCUT2D eigenvalue weighted by molar-refractivity contribution is -0.384. The molecule has 0 N–H and O–H groups in total. The third kappa shape index (κ3) is 3.76. The smallest absolute Gasteiger partial charge is 0.310 e. The first kappa shape index (κ1) is 15.7. The summed E-state index contributed by atoms with van der Waals surface area (Å²) in [6.45, 7) is 1.17. The second-order valence-electron chi connectivity index (χ2n) is 5.45. The maximum absolute atomic E-state index is 11.4. The quantitative estimate of drug-likeness (QED) is 0.505. The normalized spacial score (nSPS) is 10.3. The van der Waals surface area contributed by atoms with E-state index in [9.17, 15) is 10.1 Å². The lowest BCUT2D eigenvalue weighted by Crippen LogP contribution is -2.23. The fourth-order valence-electron chi connectivity index (χ4n) is 2.62. The highest BCUT2D eigenvalue weighted by atomic mass is 16.6. The molecule has 2 aromatic carbocycles. The Morgan fingerprint density at radius 3 is 1.92 bits per heavy atom. The molecule has 0 fully saturated rings. The molecule has 0 aliphatic rings. The lowest BCUT2D eigenvalue weighted by atomic mass is 10.1. The van der Waals surface area contributed by atoms with Gasteiger partial charge in [0.1, 0.15) is 11.9 Å². The van der Waals surface area contributed by atoms with Crippen LogP contribution in [0.1, 0.15) is 11.1 Å². The molecule has 5 nitrogen and oxygen atoms in total. The van der Waals surface area contributed by atoms with Crippen molar-refractivity contribution >= 4 is 11.4 Å². The second kappa shape index (κ2) is 7.37. The molecule has 0 saturated carbocycles. The lowest BCUT2D eigenvalue weighted by Gasteiger charge is -2.24. The van der Waals surface area contributed by atoms with Gasteiger partial charge in [-0.3, -0.25) is 15.1 Å². The van der Waals surface area contributed by atoms with Gasteiger partial charge in [0.05, 0.1) is 4.92 Å². The monoisotopic (exact) mass is 319 g/mol. The van der Waals surface area contributed by atoms with Crippen LogP contribution in [-0.2, 0) is 13.1 Å². The standard InChI is InChI=1S/C19H17N3O2/c23-22(24)19-13-20-12-11-18(19)21(14-16-7-3-1-4-8-16)15-17-9-5-2-6-10-17/h1-13H,14-15H2. The molecule has 3 aromatic rings. The summed E-state index contributed by atoms with van der Waals surface area (Å²) in [5.41, 5.74) is 2.78. The summed E-state index contributed by atoms with van der Waals surface area (Å²) in [6, 6.07) is 21.6. The minimum Gasteiger partial charge on any atom is -0.357 e. The zero-order chi connectivity index (χ0) is 16.8. The van der Waals surface area contributed by atoms with E-state index in [-0.39, 0.29) is 10.6 Å². The van der Waals surface area contributed by atoms with Crippen LogP contribution in [-0.4, -0.2) is 9.91 Å². The number of hydrogen-bond donors (Lipinski definition) is 0. The molecular weight excluding hydrogens is 302 g/mol. The van der Waals surface area contributed by atoms with Crippen molar-refractivity contribution in [3.8, 4) is 0 Å². The van der Waals surface area contributed by atoms with Crippen LogP contribution in [0.4, 0.5) is 11.4 Å². The summed E-state index contributed by atoms with van der Waals surface area (Å²) < 4.78 is 0. The van der Waals surface area contributed by atoms with Crippen LogP contribution in [0.2, 0.25) is 0 Å². The van der Waals surface area contributed by atoms with Crippen LogP contribution < -0.4 is 4.90 Å². The predicted octanol–water partition coefficient (Wildman–Crippen LogP) is 4.20. The Labute approximate surface area is 140 Å². The highest BCUT2D eigenvalue weighted by molar-refractivity contribution is 5.62. The third-order valence-corrected chi connectivity index (χ3v) is 3.75. The largest absolute Gasteiger partial charge is 0.357 e. The van der Waals surface area contributed by atoms with Crippen LogP contribution in [0.25, 0.3) is 0 Å². The highest BCUT2D eigenvalue weighted by Gasteiger charge is 2.20.